The molecule has 0 amide bonds. The monoisotopic (exact) mass is 375 g/mol. The van der Waals surface area contributed by atoms with E-state index in [2.05, 4.69) is 0 Å². The summed E-state index contributed by atoms with van der Waals surface area (Å²) in [6.07, 6.45) is 15.5. The van der Waals surface area contributed by atoms with Crippen LogP contribution in [-0.4, -0.2) is 22.2 Å². The largest absolute Gasteiger partial charge is 0.481 e. The molecule has 1 radical (unpaired) electrons. The third-order valence-electron chi connectivity index (χ3n) is 4.98. The Morgan fingerprint density at radius 1 is 0.652 bits per heavy atom. The topological polar surface area (TPSA) is 74.6 Å². The molecule has 0 saturated heterocycles. The van der Waals surface area contributed by atoms with Crippen molar-refractivity contribution in [2.24, 2.45) is 11.8 Å². The van der Waals surface area contributed by atoms with E-state index in [0.29, 0.717) is 24.7 Å². The van der Waals surface area contributed by atoms with E-state index >= 15 is 0 Å². The maximum Gasteiger partial charge on any atom is 0.303 e. The normalized spacial score (nSPS) is 19.1. The molecule has 0 unspecified atom stereocenters. The Bertz CT molecular complexity index is 289. The van der Waals surface area contributed by atoms with Crippen LogP contribution >= 0.6 is 0 Å². The minimum atomic E-state index is -0.643. The number of aliphatic carboxylic acids is 2. The molecule has 0 atom stereocenters. The van der Waals surface area contributed by atoms with E-state index in [4.69, 9.17) is 10.2 Å². The minimum Gasteiger partial charge on any atom is -0.481 e. The fraction of sp³-hybridized carbons (Fsp3) is 0.889. The molecule has 4 nitrogen and oxygen atoms in total. The number of carbonyl (C=O) groups is 2. The molecule has 0 spiro atoms. The van der Waals surface area contributed by atoms with Crippen molar-refractivity contribution in [1.29, 1.82) is 0 Å². The Hall–Kier alpha value is -0.541. The van der Waals surface area contributed by atoms with Crippen molar-refractivity contribution in [1.82, 2.24) is 0 Å². The van der Waals surface area contributed by atoms with Crippen LogP contribution in [0.5, 0.6) is 0 Å². The Balaban J connectivity index is 0.000000403. The fourth-order valence-corrected chi connectivity index (χ4v) is 3.61. The van der Waals surface area contributed by atoms with Crippen molar-refractivity contribution in [3.05, 3.63) is 0 Å². The van der Waals surface area contributed by atoms with Gasteiger partial charge in [0.05, 0.1) is 0 Å². The van der Waals surface area contributed by atoms with Gasteiger partial charge in [0.25, 0.3) is 0 Å². The third-order valence-corrected chi connectivity index (χ3v) is 4.98. The second-order valence-corrected chi connectivity index (χ2v) is 6.87. The van der Waals surface area contributed by atoms with E-state index in [1.54, 1.807) is 0 Å². The molecule has 0 aromatic heterocycles. The molecule has 139 valence electrons. The SMILES string of the molecule is O=C(O)CCC1CCCCC1.O=C(O)CCC1CCCCC1.[Cu]. The van der Waals surface area contributed by atoms with Gasteiger partial charge in [-0.15, -0.1) is 0 Å². The first-order valence-electron chi connectivity index (χ1n) is 9.01. The summed E-state index contributed by atoms with van der Waals surface area (Å²) in [6, 6.07) is 0. The van der Waals surface area contributed by atoms with Gasteiger partial charge in [0.1, 0.15) is 0 Å². The molecule has 2 aliphatic rings. The zero-order chi connectivity index (χ0) is 16.2. The molecule has 0 heterocycles. The first-order chi connectivity index (χ1) is 10.6. The summed E-state index contributed by atoms with van der Waals surface area (Å²) in [7, 11) is 0. The summed E-state index contributed by atoms with van der Waals surface area (Å²) in [6.45, 7) is 0. The molecule has 2 rings (SSSR count). The van der Waals surface area contributed by atoms with Gasteiger partial charge in [-0.1, -0.05) is 64.2 Å². The van der Waals surface area contributed by atoms with Crippen LogP contribution < -0.4 is 0 Å². The molecule has 0 aromatic rings. The molecule has 0 bridgehead atoms. The van der Waals surface area contributed by atoms with Gasteiger partial charge in [0, 0.05) is 29.9 Å². The molecule has 2 N–H and O–H groups in total. The Kier molecular flexibility index (Phi) is 13.5. The third kappa shape index (κ3) is 12.5. The van der Waals surface area contributed by atoms with E-state index in [-0.39, 0.29) is 17.1 Å². The van der Waals surface area contributed by atoms with E-state index in [9.17, 15) is 9.59 Å². The van der Waals surface area contributed by atoms with Crippen LogP contribution in [0.25, 0.3) is 0 Å². The Morgan fingerprint density at radius 3 is 1.22 bits per heavy atom. The summed E-state index contributed by atoms with van der Waals surface area (Å²) in [5.41, 5.74) is 0. The predicted molar refractivity (Wildman–Crippen MR) is 86.9 cm³/mol. The van der Waals surface area contributed by atoms with E-state index in [1.807, 2.05) is 0 Å². The predicted octanol–water partition coefficient (Wildman–Crippen LogP) is 4.86. The Morgan fingerprint density at radius 2 is 0.957 bits per heavy atom. The summed E-state index contributed by atoms with van der Waals surface area (Å²) in [5.74, 6) is 0.130. The summed E-state index contributed by atoms with van der Waals surface area (Å²) in [4.78, 5) is 20.5. The number of rotatable bonds is 6. The zero-order valence-corrected chi connectivity index (χ0v) is 15.0. The minimum absolute atomic E-state index is 0. The standard InChI is InChI=1S/2C9H16O2.Cu/c2*10-9(11)7-6-8-4-2-1-3-5-8;/h2*8H,1-7H2,(H,10,11);. The smallest absolute Gasteiger partial charge is 0.303 e. The average molecular weight is 376 g/mol. The van der Waals surface area contributed by atoms with E-state index in [0.717, 1.165) is 12.8 Å². The van der Waals surface area contributed by atoms with Crippen LogP contribution in [-0.2, 0) is 26.7 Å². The van der Waals surface area contributed by atoms with Crippen LogP contribution in [0.1, 0.15) is 89.9 Å². The van der Waals surface area contributed by atoms with E-state index < -0.39 is 11.9 Å². The van der Waals surface area contributed by atoms with Crippen LogP contribution in [0.4, 0.5) is 0 Å². The molecule has 0 aromatic carbocycles. The van der Waals surface area contributed by atoms with Crippen molar-refractivity contribution in [2.75, 3.05) is 0 Å². The average Bonchev–Trinajstić information content (AvgIpc) is 2.53. The fourth-order valence-electron chi connectivity index (χ4n) is 3.61. The summed E-state index contributed by atoms with van der Waals surface area (Å²) in [5, 5.41) is 16.9. The number of carboxylic acid groups (broad SMARTS) is 2. The first kappa shape index (κ1) is 22.5. The van der Waals surface area contributed by atoms with Crippen molar-refractivity contribution < 1.29 is 36.9 Å². The van der Waals surface area contributed by atoms with Crippen molar-refractivity contribution in [3.63, 3.8) is 0 Å². The van der Waals surface area contributed by atoms with Crippen LogP contribution in [0.2, 0.25) is 0 Å². The first-order valence-corrected chi connectivity index (χ1v) is 9.01. The van der Waals surface area contributed by atoms with Crippen LogP contribution in [0.3, 0.4) is 0 Å². The summed E-state index contributed by atoms with van der Waals surface area (Å²) < 4.78 is 0. The van der Waals surface area contributed by atoms with E-state index in [1.165, 1.54) is 64.2 Å². The molecule has 0 aliphatic heterocycles. The molecular formula is C18H32CuO4. The maximum absolute atomic E-state index is 10.2. The van der Waals surface area contributed by atoms with Gasteiger partial charge in [-0.3, -0.25) is 9.59 Å². The maximum atomic E-state index is 10.2. The van der Waals surface area contributed by atoms with Gasteiger partial charge in [0.2, 0.25) is 0 Å². The molecule has 23 heavy (non-hydrogen) atoms. The van der Waals surface area contributed by atoms with Crippen LogP contribution in [0, 0.1) is 11.8 Å². The summed E-state index contributed by atoms with van der Waals surface area (Å²) >= 11 is 0. The van der Waals surface area contributed by atoms with Crippen LogP contribution in [0.15, 0.2) is 0 Å². The quantitative estimate of drug-likeness (QED) is 0.650. The van der Waals surface area contributed by atoms with Crippen molar-refractivity contribution in [3.8, 4) is 0 Å². The van der Waals surface area contributed by atoms with Gasteiger partial charge in [-0.2, -0.15) is 0 Å². The number of hydrogen-bond donors (Lipinski definition) is 2. The van der Waals surface area contributed by atoms with Gasteiger partial charge >= 0.3 is 11.9 Å². The van der Waals surface area contributed by atoms with Crippen molar-refractivity contribution in [2.45, 2.75) is 89.9 Å². The Labute approximate surface area is 150 Å². The molecule has 2 saturated carbocycles. The van der Waals surface area contributed by atoms with Gasteiger partial charge in [0.15, 0.2) is 0 Å². The van der Waals surface area contributed by atoms with Gasteiger partial charge in [-0.05, 0) is 24.7 Å². The second kappa shape index (κ2) is 13.9. The zero-order valence-electron chi connectivity index (χ0n) is 14.1. The van der Waals surface area contributed by atoms with Gasteiger partial charge < -0.3 is 10.2 Å². The molecular weight excluding hydrogens is 344 g/mol. The molecule has 2 aliphatic carbocycles. The second-order valence-electron chi connectivity index (χ2n) is 6.87. The molecule has 5 heteroatoms. The van der Waals surface area contributed by atoms with Gasteiger partial charge in [-0.25, -0.2) is 0 Å². The van der Waals surface area contributed by atoms with Crippen molar-refractivity contribution >= 4 is 11.9 Å². The molecule has 2 fully saturated rings. The number of carboxylic acids is 2. The number of hydrogen-bond acceptors (Lipinski definition) is 2.